The molecule has 0 unspecified atom stereocenters. The molecule has 5 nitrogen and oxygen atoms in total. The van der Waals surface area contributed by atoms with Crippen LogP contribution in [0.2, 0.25) is 0 Å². The van der Waals surface area contributed by atoms with E-state index in [4.69, 9.17) is 0 Å². The Kier molecular flexibility index (Phi) is 3.13. The molecule has 0 saturated heterocycles. The summed E-state index contributed by atoms with van der Waals surface area (Å²) < 4.78 is 16.3. The van der Waals surface area contributed by atoms with Crippen molar-refractivity contribution in [3.8, 4) is 5.75 Å². The van der Waals surface area contributed by atoms with Crippen molar-refractivity contribution < 1.29 is 14.1 Å². The molecule has 0 atom stereocenters. The fourth-order valence-corrected chi connectivity index (χ4v) is 1.17. The number of ether oxygens (including phenoxy) is 1. The van der Waals surface area contributed by atoms with E-state index in [0.717, 1.165) is 6.20 Å². The number of nitro groups is 1. The monoisotopic (exact) mass is 250 g/mol. The van der Waals surface area contributed by atoms with Gasteiger partial charge in [-0.1, -0.05) is 0 Å². The molecule has 0 bridgehead atoms. The molecule has 0 aliphatic rings. The summed E-state index contributed by atoms with van der Waals surface area (Å²) >= 11 is 2.91. The van der Waals surface area contributed by atoms with E-state index in [0.29, 0.717) is 0 Å². The predicted molar refractivity (Wildman–Crippen MR) is 45.2 cm³/mol. The van der Waals surface area contributed by atoms with E-state index in [2.05, 4.69) is 25.7 Å². The van der Waals surface area contributed by atoms with Gasteiger partial charge in [0, 0.05) is 0 Å². The Balaban J connectivity index is 3.10. The Morgan fingerprint density at radius 1 is 1.69 bits per heavy atom. The van der Waals surface area contributed by atoms with Crippen LogP contribution in [0.4, 0.5) is 10.1 Å². The first-order valence-corrected chi connectivity index (χ1v) is 3.92. The lowest BCUT2D eigenvalue weighted by Crippen LogP contribution is -1.96. The van der Waals surface area contributed by atoms with E-state index in [1.807, 2.05) is 0 Å². The van der Waals surface area contributed by atoms with Crippen molar-refractivity contribution in [3.05, 3.63) is 27.0 Å². The van der Waals surface area contributed by atoms with Crippen molar-refractivity contribution in [2.24, 2.45) is 0 Å². The van der Waals surface area contributed by atoms with E-state index in [1.165, 1.54) is 6.20 Å². The van der Waals surface area contributed by atoms with Gasteiger partial charge >= 0.3 is 5.69 Å². The van der Waals surface area contributed by atoms with Gasteiger partial charge in [-0.25, -0.2) is 4.39 Å². The average molecular weight is 251 g/mol. The topological polar surface area (TPSA) is 65.3 Å². The molecular formula is C6H4BrFN2O3. The normalized spacial score (nSPS) is 9.69. The maximum Gasteiger partial charge on any atom is 0.305 e. The zero-order valence-corrected chi connectivity index (χ0v) is 7.82. The number of aromatic nitrogens is 1. The molecule has 7 heteroatoms. The fourth-order valence-electron chi connectivity index (χ4n) is 0.702. The molecule has 0 spiro atoms. The molecule has 0 N–H and O–H groups in total. The number of hydrogen-bond acceptors (Lipinski definition) is 4. The van der Waals surface area contributed by atoms with E-state index in [-0.39, 0.29) is 15.9 Å². The van der Waals surface area contributed by atoms with Gasteiger partial charge in [0.15, 0.2) is 5.75 Å². The van der Waals surface area contributed by atoms with Crippen molar-refractivity contribution in [1.29, 1.82) is 0 Å². The molecule has 1 aromatic heterocycles. The lowest BCUT2D eigenvalue weighted by atomic mass is 10.4. The Bertz CT molecular complexity index is 334. The molecule has 1 aromatic rings. The number of nitrogens with zero attached hydrogens (tertiary/aromatic N) is 2. The van der Waals surface area contributed by atoms with Crippen LogP contribution in [0.15, 0.2) is 16.9 Å². The summed E-state index contributed by atoms with van der Waals surface area (Å²) in [6.07, 6.45) is 2.24. The summed E-state index contributed by atoms with van der Waals surface area (Å²) in [5.41, 5.74) is -0.258. The molecule has 1 rings (SSSR count). The quantitative estimate of drug-likeness (QED) is 0.609. The van der Waals surface area contributed by atoms with E-state index in [9.17, 15) is 14.5 Å². The summed E-state index contributed by atoms with van der Waals surface area (Å²) in [4.78, 5) is 13.2. The maximum absolute atomic E-state index is 11.8. The second-order valence-corrected chi connectivity index (χ2v) is 2.77. The Labute approximate surface area is 80.8 Å². The third-order valence-corrected chi connectivity index (χ3v) is 2.03. The Morgan fingerprint density at radius 2 is 2.38 bits per heavy atom. The molecule has 70 valence electrons. The van der Waals surface area contributed by atoms with E-state index < -0.39 is 11.8 Å². The summed E-state index contributed by atoms with van der Waals surface area (Å²) in [5.74, 6) is 0.0108. The molecule has 0 amide bonds. The lowest BCUT2D eigenvalue weighted by Gasteiger charge is -2.02. The van der Waals surface area contributed by atoms with Crippen LogP contribution >= 0.6 is 15.9 Å². The fraction of sp³-hybridized carbons (Fsp3) is 0.167. The summed E-state index contributed by atoms with van der Waals surface area (Å²) in [6, 6.07) is 0. The highest BCUT2D eigenvalue weighted by Gasteiger charge is 2.16. The number of hydrogen-bond donors (Lipinski definition) is 0. The van der Waals surface area contributed by atoms with Gasteiger partial charge in [-0.3, -0.25) is 15.1 Å². The molecule has 0 saturated carbocycles. The highest BCUT2D eigenvalue weighted by Crippen LogP contribution is 2.32. The van der Waals surface area contributed by atoms with E-state index in [1.54, 1.807) is 0 Å². The Morgan fingerprint density at radius 3 is 2.92 bits per heavy atom. The standard InChI is InChI=1S/C6H4BrFN2O3/c7-6-4(10(11)12)1-9-2-5(6)13-3-8/h1-2H,3H2. The van der Waals surface area contributed by atoms with Crippen LogP contribution in [0, 0.1) is 10.1 Å². The molecule has 0 radical (unpaired) electrons. The number of halogens is 2. The summed E-state index contributed by atoms with van der Waals surface area (Å²) in [5, 5.41) is 10.4. The highest BCUT2D eigenvalue weighted by molar-refractivity contribution is 9.10. The van der Waals surface area contributed by atoms with Gasteiger partial charge in [-0.15, -0.1) is 0 Å². The lowest BCUT2D eigenvalue weighted by molar-refractivity contribution is -0.386. The molecule has 0 aliphatic carbocycles. The van der Waals surface area contributed by atoms with Crippen LogP contribution in [0.3, 0.4) is 0 Å². The van der Waals surface area contributed by atoms with Gasteiger partial charge in [0.05, 0.1) is 11.1 Å². The number of pyridine rings is 1. The minimum atomic E-state index is -1.05. The van der Waals surface area contributed by atoms with Gasteiger partial charge in [0.2, 0.25) is 6.86 Å². The van der Waals surface area contributed by atoms with Gasteiger partial charge in [-0.05, 0) is 15.9 Å². The third kappa shape index (κ3) is 2.11. The first kappa shape index (κ1) is 9.85. The van der Waals surface area contributed by atoms with Gasteiger partial charge in [0.25, 0.3) is 0 Å². The SMILES string of the molecule is O=[N+]([O-])c1cncc(OCF)c1Br. The first-order valence-electron chi connectivity index (χ1n) is 3.13. The van der Waals surface area contributed by atoms with Crippen molar-refractivity contribution in [3.63, 3.8) is 0 Å². The van der Waals surface area contributed by atoms with Gasteiger partial charge in [0.1, 0.15) is 10.7 Å². The molecule has 1 heterocycles. The van der Waals surface area contributed by atoms with Crippen LogP contribution in [-0.4, -0.2) is 16.8 Å². The smallest absolute Gasteiger partial charge is 0.305 e. The second kappa shape index (κ2) is 4.13. The minimum Gasteiger partial charge on any atom is -0.460 e. The first-order chi connectivity index (χ1) is 6.16. The second-order valence-electron chi connectivity index (χ2n) is 1.98. The third-order valence-electron chi connectivity index (χ3n) is 1.24. The average Bonchev–Trinajstić information content (AvgIpc) is 2.08. The minimum absolute atomic E-state index is 0.0108. The largest absolute Gasteiger partial charge is 0.460 e. The number of alkyl halides is 1. The predicted octanol–water partition coefficient (Wildman–Crippen LogP) is 2.06. The maximum atomic E-state index is 11.8. The highest BCUT2D eigenvalue weighted by atomic mass is 79.9. The summed E-state index contributed by atoms with van der Waals surface area (Å²) in [6.45, 7) is -1.05. The van der Waals surface area contributed by atoms with Crippen molar-refractivity contribution >= 4 is 21.6 Å². The van der Waals surface area contributed by atoms with Crippen LogP contribution in [-0.2, 0) is 0 Å². The Hall–Kier alpha value is -1.24. The van der Waals surface area contributed by atoms with Gasteiger partial charge in [-0.2, -0.15) is 0 Å². The molecule has 0 fully saturated rings. The van der Waals surface area contributed by atoms with Crippen LogP contribution < -0.4 is 4.74 Å². The zero-order valence-electron chi connectivity index (χ0n) is 6.24. The van der Waals surface area contributed by atoms with Crippen molar-refractivity contribution in [1.82, 2.24) is 4.98 Å². The molecule has 13 heavy (non-hydrogen) atoms. The number of rotatable bonds is 3. The summed E-state index contributed by atoms with van der Waals surface area (Å²) in [7, 11) is 0. The molecule has 0 aliphatic heterocycles. The van der Waals surface area contributed by atoms with Crippen LogP contribution in [0.5, 0.6) is 5.75 Å². The van der Waals surface area contributed by atoms with Crippen molar-refractivity contribution in [2.45, 2.75) is 0 Å². The van der Waals surface area contributed by atoms with E-state index >= 15 is 0 Å². The van der Waals surface area contributed by atoms with Crippen LogP contribution in [0.25, 0.3) is 0 Å². The van der Waals surface area contributed by atoms with Crippen LogP contribution in [0.1, 0.15) is 0 Å². The van der Waals surface area contributed by atoms with Gasteiger partial charge < -0.3 is 4.74 Å². The zero-order chi connectivity index (χ0) is 9.84. The molecule has 0 aromatic carbocycles. The van der Waals surface area contributed by atoms with Crippen molar-refractivity contribution in [2.75, 3.05) is 6.86 Å². The molecular weight excluding hydrogens is 247 g/mol.